The van der Waals surface area contributed by atoms with Crippen LogP contribution < -0.4 is 5.32 Å². The molecular formula is C23H34N4OS. The molecule has 2 heterocycles. The molecule has 1 aliphatic carbocycles. The van der Waals surface area contributed by atoms with Crippen molar-refractivity contribution < 1.29 is 4.79 Å². The van der Waals surface area contributed by atoms with Gasteiger partial charge in [-0.25, -0.2) is 4.79 Å². The van der Waals surface area contributed by atoms with E-state index in [1.807, 2.05) is 30.5 Å². The van der Waals surface area contributed by atoms with E-state index >= 15 is 0 Å². The Balaban J connectivity index is 1.67. The van der Waals surface area contributed by atoms with Crippen LogP contribution in [0.15, 0.2) is 23.2 Å². The highest BCUT2D eigenvalue weighted by Crippen LogP contribution is 2.44. The summed E-state index contributed by atoms with van der Waals surface area (Å²) in [6.07, 6.45) is 7.63. The van der Waals surface area contributed by atoms with Gasteiger partial charge in [0.05, 0.1) is 0 Å². The molecule has 0 spiro atoms. The van der Waals surface area contributed by atoms with E-state index in [-0.39, 0.29) is 12.1 Å². The molecule has 0 saturated carbocycles. The third-order valence-corrected chi connectivity index (χ3v) is 7.45. The van der Waals surface area contributed by atoms with Crippen LogP contribution in [0.5, 0.6) is 0 Å². The Morgan fingerprint density at radius 2 is 2.10 bits per heavy atom. The van der Waals surface area contributed by atoms with Crippen LogP contribution in [0.2, 0.25) is 0 Å². The molecule has 0 radical (unpaired) electrons. The number of carbonyl (C=O) groups is 1. The number of nitrogens with zero attached hydrogens (tertiary/aromatic N) is 2. The first kappa shape index (κ1) is 20.6. The van der Waals surface area contributed by atoms with Crippen LogP contribution in [0.25, 0.3) is 10.9 Å². The molecule has 4 rings (SSSR count). The molecule has 3 atom stereocenters. The van der Waals surface area contributed by atoms with Gasteiger partial charge in [0.25, 0.3) is 0 Å². The molecule has 1 saturated heterocycles. The largest absolute Gasteiger partial charge is 0.361 e. The summed E-state index contributed by atoms with van der Waals surface area (Å²) in [5, 5.41) is 4.78. The van der Waals surface area contributed by atoms with Crippen LogP contribution in [0.4, 0.5) is 4.79 Å². The van der Waals surface area contributed by atoms with Crippen LogP contribution in [-0.4, -0.2) is 65.3 Å². The molecule has 1 aromatic heterocycles. The van der Waals surface area contributed by atoms with Crippen LogP contribution >= 0.6 is 11.8 Å². The Bertz CT molecular complexity index is 875. The number of likely N-dealkylation sites (tertiary alicyclic amines) is 1. The second kappa shape index (κ2) is 8.60. The number of rotatable bonds is 6. The number of carbonyl (C=O) groups excluding carboxylic acids is 1. The van der Waals surface area contributed by atoms with Gasteiger partial charge in [-0.15, -0.1) is 11.8 Å². The zero-order valence-corrected chi connectivity index (χ0v) is 18.9. The Labute approximate surface area is 178 Å². The predicted molar refractivity (Wildman–Crippen MR) is 122 cm³/mol. The highest BCUT2D eigenvalue weighted by Gasteiger charge is 2.41. The molecule has 2 amide bonds. The van der Waals surface area contributed by atoms with Gasteiger partial charge in [-0.1, -0.05) is 6.92 Å². The lowest BCUT2D eigenvalue weighted by Crippen LogP contribution is -2.57. The van der Waals surface area contributed by atoms with Crippen molar-refractivity contribution in [2.24, 2.45) is 0 Å². The van der Waals surface area contributed by atoms with E-state index in [2.05, 4.69) is 46.7 Å². The number of hydrogen-bond acceptors (Lipinski definition) is 3. The number of benzene rings is 1. The summed E-state index contributed by atoms with van der Waals surface area (Å²) in [5.41, 5.74) is 4.19. The minimum Gasteiger partial charge on any atom is -0.361 e. The second-order valence-electron chi connectivity index (χ2n) is 8.38. The average Bonchev–Trinajstić information content (AvgIpc) is 3.13. The number of urea groups is 1. The van der Waals surface area contributed by atoms with E-state index < -0.39 is 0 Å². The lowest BCUT2D eigenvalue weighted by Gasteiger charge is -2.47. The van der Waals surface area contributed by atoms with Gasteiger partial charge >= 0.3 is 6.03 Å². The van der Waals surface area contributed by atoms with Crippen molar-refractivity contribution in [3.63, 3.8) is 0 Å². The first-order chi connectivity index (χ1) is 14.1. The van der Waals surface area contributed by atoms with Gasteiger partial charge in [0.15, 0.2) is 0 Å². The summed E-state index contributed by atoms with van der Waals surface area (Å²) < 4.78 is 0. The number of hydrogen-bond donors (Lipinski definition) is 2. The third-order valence-electron chi connectivity index (χ3n) is 6.75. The number of nitrogens with one attached hydrogen (secondary N) is 2. The molecule has 158 valence electrons. The summed E-state index contributed by atoms with van der Waals surface area (Å²) in [6.45, 7) is 9.89. The predicted octanol–water partition coefficient (Wildman–Crippen LogP) is 4.43. The zero-order valence-electron chi connectivity index (χ0n) is 18.1. The van der Waals surface area contributed by atoms with Gasteiger partial charge in [-0.2, -0.15) is 0 Å². The number of aromatic nitrogens is 1. The fraction of sp³-hybridized carbons (Fsp3) is 0.609. The lowest BCUT2D eigenvalue weighted by atomic mass is 9.73. The fourth-order valence-electron chi connectivity index (χ4n) is 5.39. The smallest absolute Gasteiger partial charge is 0.317 e. The van der Waals surface area contributed by atoms with Gasteiger partial charge < -0.3 is 15.2 Å². The lowest BCUT2D eigenvalue weighted by molar-refractivity contribution is 0.0979. The molecule has 5 nitrogen and oxygen atoms in total. The highest BCUT2D eigenvalue weighted by atomic mass is 32.2. The fourth-order valence-corrected chi connectivity index (χ4v) is 5.87. The van der Waals surface area contributed by atoms with Gasteiger partial charge in [0.2, 0.25) is 0 Å². The first-order valence-corrected chi connectivity index (χ1v) is 12.3. The topological polar surface area (TPSA) is 51.4 Å². The first-order valence-electron chi connectivity index (χ1n) is 11.1. The summed E-state index contributed by atoms with van der Waals surface area (Å²) in [7, 11) is 0. The molecule has 0 bridgehead atoms. The third kappa shape index (κ3) is 3.77. The van der Waals surface area contributed by atoms with Gasteiger partial charge in [-0.05, 0) is 69.2 Å². The quantitative estimate of drug-likeness (QED) is 0.688. The number of thioether (sulfide) groups is 1. The van der Waals surface area contributed by atoms with Crippen LogP contribution in [0, 0.1) is 0 Å². The van der Waals surface area contributed by atoms with Crippen molar-refractivity contribution in [3.8, 4) is 0 Å². The minimum atomic E-state index is 0.0797. The SMILES string of the molecule is CCCN1C[C@@H](NC(=O)N(CC)CC)C[C@@H]2c3cc(SC)cc4[nH]cc(c34)C[C@H]21. The average molecular weight is 415 g/mol. The Hall–Kier alpha value is -1.66. The normalized spacial score (nSPS) is 23.8. The molecule has 1 aliphatic heterocycles. The maximum atomic E-state index is 12.7. The van der Waals surface area contributed by atoms with E-state index in [0.29, 0.717) is 12.0 Å². The second-order valence-corrected chi connectivity index (χ2v) is 9.26. The summed E-state index contributed by atoms with van der Waals surface area (Å²) >= 11 is 1.81. The highest BCUT2D eigenvalue weighted by molar-refractivity contribution is 7.98. The molecule has 2 N–H and O–H groups in total. The van der Waals surface area contributed by atoms with E-state index in [0.717, 1.165) is 45.4 Å². The van der Waals surface area contributed by atoms with Gasteiger partial charge in [0, 0.05) is 59.6 Å². The number of fused-ring (bicyclic) bond motifs is 2. The molecule has 1 fully saturated rings. The Morgan fingerprint density at radius 3 is 2.79 bits per heavy atom. The number of amides is 2. The van der Waals surface area contributed by atoms with Crippen molar-refractivity contribution >= 4 is 28.7 Å². The van der Waals surface area contributed by atoms with Crippen molar-refractivity contribution in [1.29, 1.82) is 0 Å². The van der Waals surface area contributed by atoms with Crippen LogP contribution in [0.1, 0.15) is 50.7 Å². The number of aromatic amines is 1. The Kier molecular flexibility index (Phi) is 6.11. The monoisotopic (exact) mass is 414 g/mol. The maximum absolute atomic E-state index is 12.7. The van der Waals surface area contributed by atoms with Crippen LogP contribution in [0.3, 0.4) is 0 Å². The molecule has 6 heteroatoms. The van der Waals surface area contributed by atoms with E-state index in [1.54, 1.807) is 0 Å². The molecule has 1 aromatic carbocycles. The summed E-state index contributed by atoms with van der Waals surface area (Å²) in [6, 6.07) is 5.49. The van der Waals surface area contributed by atoms with Crippen molar-refractivity contribution in [1.82, 2.24) is 20.1 Å². The number of H-pyrrole nitrogens is 1. The standard InChI is InChI=1S/C23H34N4OS/c1-5-8-27-14-16(25-23(28)26(6-2)7-3)10-18-19-11-17(29-4)12-20-22(19)15(13-24-20)9-21(18)27/h11-13,16,18,21,24H,5-10,14H2,1-4H3,(H,25,28)/t16-,18+,21+/m0/s1. The minimum absolute atomic E-state index is 0.0797. The maximum Gasteiger partial charge on any atom is 0.317 e. The molecule has 0 unspecified atom stereocenters. The Morgan fingerprint density at radius 1 is 1.31 bits per heavy atom. The van der Waals surface area contributed by atoms with Crippen molar-refractivity contribution in [3.05, 3.63) is 29.5 Å². The van der Waals surface area contributed by atoms with Gasteiger partial charge in [-0.3, -0.25) is 4.90 Å². The van der Waals surface area contributed by atoms with Gasteiger partial charge in [0.1, 0.15) is 0 Å². The molecule has 29 heavy (non-hydrogen) atoms. The number of piperidine rings is 1. The molecule has 2 aromatic rings. The van der Waals surface area contributed by atoms with E-state index in [4.69, 9.17) is 0 Å². The van der Waals surface area contributed by atoms with E-state index in [1.165, 1.54) is 26.9 Å². The van der Waals surface area contributed by atoms with Crippen molar-refractivity contribution in [2.45, 2.75) is 62.9 Å². The molecular weight excluding hydrogens is 380 g/mol. The summed E-state index contributed by atoms with van der Waals surface area (Å²) in [4.78, 5) is 22.1. The van der Waals surface area contributed by atoms with E-state index in [9.17, 15) is 4.79 Å². The summed E-state index contributed by atoms with van der Waals surface area (Å²) in [5.74, 6) is 0.468. The molecule has 2 aliphatic rings. The van der Waals surface area contributed by atoms with Crippen LogP contribution in [-0.2, 0) is 6.42 Å². The zero-order chi connectivity index (χ0) is 20.5. The van der Waals surface area contributed by atoms with Crippen molar-refractivity contribution in [2.75, 3.05) is 32.4 Å².